The van der Waals surface area contributed by atoms with E-state index in [2.05, 4.69) is 20.5 Å². The van der Waals surface area contributed by atoms with Crippen molar-refractivity contribution < 1.29 is 15.0 Å². The van der Waals surface area contributed by atoms with E-state index in [9.17, 15) is 9.90 Å². The molecule has 2 aromatic rings. The van der Waals surface area contributed by atoms with Gasteiger partial charge in [0.15, 0.2) is 0 Å². The van der Waals surface area contributed by atoms with Gasteiger partial charge in [-0.05, 0) is 79.6 Å². The SMILES string of the molecule is Bc1cnc(Nc2ccc(C(=O)N3CCN(CCO)CC3)cc2)nc1NC1C2CC3CC1CC(O)(C3)C2. The molecule has 4 saturated carbocycles. The van der Waals surface area contributed by atoms with Gasteiger partial charge in [0.25, 0.3) is 5.91 Å². The van der Waals surface area contributed by atoms with E-state index in [1.807, 2.05) is 43.2 Å². The van der Waals surface area contributed by atoms with Crippen molar-refractivity contribution in [3.8, 4) is 0 Å². The molecule has 0 spiro atoms. The maximum atomic E-state index is 12.9. The lowest BCUT2D eigenvalue weighted by Gasteiger charge is -2.58. The van der Waals surface area contributed by atoms with Gasteiger partial charge >= 0.3 is 0 Å². The number of anilines is 3. The smallest absolute Gasteiger partial charge is 0.253 e. The molecule has 1 aromatic heterocycles. The van der Waals surface area contributed by atoms with E-state index in [0.29, 0.717) is 54.9 Å². The van der Waals surface area contributed by atoms with Crippen molar-refractivity contribution in [3.63, 3.8) is 0 Å². The Bertz CT molecular complexity index is 1120. The average Bonchev–Trinajstić information content (AvgIpc) is 2.88. The number of carbonyl (C=O) groups excluding carboxylic acids is 1. The molecule has 9 nitrogen and oxygen atoms in total. The first-order valence-corrected chi connectivity index (χ1v) is 13.7. The monoisotopic (exact) mass is 504 g/mol. The number of rotatable bonds is 7. The molecular formula is C27H37BN6O3. The Morgan fingerprint density at radius 1 is 1.08 bits per heavy atom. The molecule has 10 heteroatoms. The van der Waals surface area contributed by atoms with Crippen molar-refractivity contribution in [2.45, 2.75) is 43.7 Å². The lowest BCUT2D eigenvalue weighted by atomic mass is 9.52. The summed E-state index contributed by atoms with van der Waals surface area (Å²) in [5, 5.41) is 27.0. The zero-order valence-corrected chi connectivity index (χ0v) is 21.6. The number of aliphatic hydroxyl groups is 2. The van der Waals surface area contributed by atoms with E-state index in [0.717, 1.165) is 49.3 Å². The second-order valence-corrected chi connectivity index (χ2v) is 11.6. The first-order chi connectivity index (χ1) is 17.9. The van der Waals surface area contributed by atoms with Gasteiger partial charge in [0.05, 0.1) is 12.2 Å². The number of benzene rings is 1. The summed E-state index contributed by atoms with van der Waals surface area (Å²) in [6, 6.07) is 7.83. The normalized spacial score (nSPS) is 30.9. The molecule has 1 saturated heterocycles. The zero-order valence-electron chi connectivity index (χ0n) is 21.6. The summed E-state index contributed by atoms with van der Waals surface area (Å²) in [6.45, 7) is 3.74. The minimum absolute atomic E-state index is 0.0357. The van der Waals surface area contributed by atoms with Crippen molar-refractivity contribution in [2.24, 2.45) is 17.8 Å². The molecule has 4 N–H and O–H groups in total. The van der Waals surface area contributed by atoms with Crippen molar-refractivity contribution in [1.29, 1.82) is 0 Å². The van der Waals surface area contributed by atoms with Crippen LogP contribution in [0.15, 0.2) is 30.5 Å². The van der Waals surface area contributed by atoms with E-state index < -0.39 is 5.60 Å². The molecule has 5 aliphatic rings. The molecule has 37 heavy (non-hydrogen) atoms. The highest BCUT2D eigenvalue weighted by molar-refractivity contribution is 6.35. The van der Waals surface area contributed by atoms with Crippen molar-refractivity contribution in [3.05, 3.63) is 36.0 Å². The predicted octanol–water partition coefficient (Wildman–Crippen LogP) is 0.580. The first-order valence-electron chi connectivity index (χ1n) is 13.7. The molecule has 2 atom stereocenters. The molecule has 196 valence electrons. The third-order valence-corrected chi connectivity index (χ3v) is 8.98. The van der Waals surface area contributed by atoms with Crippen LogP contribution in [0.3, 0.4) is 0 Å². The fraction of sp³-hybridized carbons (Fsp3) is 0.593. The highest BCUT2D eigenvalue weighted by atomic mass is 16.3. The van der Waals surface area contributed by atoms with Gasteiger partial charge in [-0.2, -0.15) is 4.98 Å². The van der Waals surface area contributed by atoms with E-state index in [4.69, 9.17) is 10.1 Å². The molecule has 2 heterocycles. The van der Waals surface area contributed by atoms with Crippen LogP contribution in [0.1, 0.15) is 42.5 Å². The lowest BCUT2D eigenvalue weighted by Crippen LogP contribution is -2.59. The van der Waals surface area contributed by atoms with Crippen LogP contribution in [-0.2, 0) is 0 Å². The molecule has 1 aromatic carbocycles. The summed E-state index contributed by atoms with van der Waals surface area (Å²) < 4.78 is 0. The Kier molecular flexibility index (Phi) is 6.59. The summed E-state index contributed by atoms with van der Waals surface area (Å²) in [6.07, 6.45) is 7.03. The highest BCUT2D eigenvalue weighted by Crippen LogP contribution is 2.56. The fourth-order valence-corrected chi connectivity index (χ4v) is 7.35. The number of hydrogen-bond donors (Lipinski definition) is 4. The van der Waals surface area contributed by atoms with Crippen molar-refractivity contribution >= 4 is 36.7 Å². The maximum Gasteiger partial charge on any atom is 0.253 e. The van der Waals surface area contributed by atoms with E-state index >= 15 is 0 Å². The van der Waals surface area contributed by atoms with Gasteiger partial charge in [-0.3, -0.25) is 9.69 Å². The third-order valence-electron chi connectivity index (χ3n) is 8.98. The largest absolute Gasteiger partial charge is 0.395 e. The summed E-state index contributed by atoms with van der Waals surface area (Å²) in [7, 11) is 2.03. The first kappa shape index (κ1) is 24.6. The van der Waals surface area contributed by atoms with Gasteiger partial charge in [0.1, 0.15) is 13.7 Å². The Balaban J connectivity index is 1.09. The van der Waals surface area contributed by atoms with Gasteiger partial charge in [-0.25, -0.2) is 4.98 Å². The highest BCUT2D eigenvalue weighted by Gasteiger charge is 2.54. The standard InChI is InChI=1S/C27H37BN6O3/c28-22-16-29-26(32-24(22)31-23-19-11-17-12-20(23)15-27(37,13-17)14-19)30-21-3-1-18(2-4-21)25(36)34-7-5-33(6-8-34)9-10-35/h1-4,16-17,19-20,23,35,37H,5-15,28H2,(H2,29,30,31,32). The van der Waals surface area contributed by atoms with Gasteiger partial charge in [-0.1, -0.05) is 0 Å². The van der Waals surface area contributed by atoms with Crippen LogP contribution in [0, 0.1) is 17.8 Å². The zero-order chi connectivity index (χ0) is 25.6. The summed E-state index contributed by atoms with van der Waals surface area (Å²) in [4.78, 5) is 26.2. The minimum Gasteiger partial charge on any atom is -0.395 e. The van der Waals surface area contributed by atoms with Crippen LogP contribution in [0.25, 0.3) is 0 Å². The van der Waals surface area contributed by atoms with Crippen LogP contribution in [0.5, 0.6) is 0 Å². The number of nitrogens with one attached hydrogen (secondary N) is 2. The molecule has 5 fully saturated rings. The van der Waals surface area contributed by atoms with Crippen LogP contribution in [-0.4, -0.2) is 94.7 Å². The summed E-state index contributed by atoms with van der Waals surface area (Å²) in [5.74, 6) is 3.10. The number of β-amino-alcohol motifs (C(OH)–C–C–N with tert-alkyl or cyclic N) is 1. The quantitative estimate of drug-likeness (QED) is 0.405. The Morgan fingerprint density at radius 2 is 1.78 bits per heavy atom. The Labute approximate surface area is 219 Å². The minimum atomic E-state index is -0.441. The molecule has 7 rings (SSSR count). The molecule has 4 bridgehead atoms. The van der Waals surface area contributed by atoms with Gasteiger partial charge in [0.2, 0.25) is 5.95 Å². The van der Waals surface area contributed by atoms with E-state index in [1.54, 1.807) is 0 Å². The fourth-order valence-electron chi connectivity index (χ4n) is 7.35. The number of nitrogens with zero attached hydrogens (tertiary/aromatic N) is 4. The van der Waals surface area contributed by atoms with Gasteiger partial charge in [0, 0.05) is 56.2 Å². The second kappa shape index (κ2) is 9.89. The second-order valence-electron chi connectivity index (χ2n) is 11.6. The third kappa shape index (κ3) is 5.06. The van der Waals surface area contributed by atoms with Crippen LogP contribution >= 0.6 is 0 Å². The van der Waals surface area contributed by atoms with Crippen molar-refractivity contribution in [1.82, 2.24) is 19.8 Å². The van der Waals surface area contributed by atoms with Gasteiger partial charge in [-0.15, -0.1) is 0 Å². The number of hydrogen-bond acceptors (Lipinski definition) is 8. The number of carbonyl (C=O) groups is 1. The summed E-state index contributed by atoms with van der Waals surface area (Å²) >= 11 is 0. The molecular weight excluding hydrogens is 467 g/mol. The molecule has 1 aliphatic heterocycles. The Morgan fingerprint density at radius 3 is 2.43 bits per heavy atom. The molecule has 4 aliphatic carbocycles. The van der Waals surface area contributed by atoms with Crippen LogP contribution in [0.2, 0.25) is 0 Å². The molecule has 1 amide bonds. The van der Waals surface area contributed by atoms with Crippen LogP contribution < -0.4 is 16.1 Å². The number of aromatic nitrogens is 2. The lowest BCUT2D eigenvalue weighted by molar-refractivity contribution is -0.129. The van der Waals surface area contributed by atoms with Gasteiger partial charge < -0.3 is 25.7 Å². The van der Waals surface area contributed by atoms with Crippen LogP contribution in [0.4, 0.5) is 17.5 Å². The number of piperazine rings is 1. The average molecular weight is 504 g/mol. The molecule has 2 unspecified atom stereocenters. The van der Waals surface area contributed by atoms with E-state index in [-0.39, 0.29) is 12.5 Å². The summed E-state index contributed by atoms with van der Waals surface area (Å²) in [5.41, 5.74) is 2.06. The number of aliphatic hydroxyl groups excluding tert-OH is 1. The number of amides is 1. The topological polar surface area (TPSA) is 114 Å². The van der Waals surface area contributed by atoms with E-state index in [1.165, 1.54) is 12.8 Å². The maximum absolute atomic E-state index is 12.9. The molecule has 0 radical (unpaired) electrons. The predicted molar refractivity (Wildman–Crippen MR) is 145 cm³/mol. The Hall–Kier alpha value is -2.69. The van der Waals surface area contributed by atoms with Crippen molar-refractivity contribution in [2.75, 3.05) is 50.0 Å².